The molecule has 19 heavy (non-hydrogen) atoms. The van der Waals surface area contributed by atoms with E-state index in [-0.39, 0.29) is 18.1 Å². The van der Waals surface area contributed by atoms with E-state index in [4.69, 9.17) is 0 Å². The molecule has 0 aliphatic carbocycles. The number of amides is 1. The van der Waals surface area contributed by atoms with E-state index < -0.39 is 6.17 Å². The van der Waals surface area contributed by atoms with Gasteiger partial charge in [-0.2, -0.15) is 0 Å². The van der Waals surface area contributed by atoms with Gasteiger partial charge in [-0.15, -0.1) is 5.10 Å². The molecule has 2 aromatic rings. The molecule has 1 aliphatic heterocycles. The average Bonchev–Trinajstić information content (AvgIpc) is 3.08. The van der Waals surface area contributed by atoms with Gasteiger partial charge in [0, 0.05) is 6.54 Å². The third kappa shape index (κ3) is 2.33. The standard InChI is InChI=1S/C13H13FN4O/c14-10-6-7-17(8-10)13(19)12-9-18(16-15-12)11-4-2-1-3-5-11/h1-5,9-10H,6-8H2/t10-/m0/s1. The molecule has 1 fully saturated rings. The lowest BCUT2D eigenvalue weighted by Crippen LogP contribution is -2.29. The van der Waals surface area contributed by atoms with Crippen LogP contribution >= 0.6 is 0 Å². The molecular formula is C13H13FN4O. The topological polar surface area (TPSA) is 51.0 Å². The van der Waals surface area contributed by atoms with Crippen LogP contribution < -0.4 is 0 Å². The Bertz CT molecular complexity index is 583. The zero-order valence-corrected chi connectivity index (χ0v) is 10.2. The SMILES string of the molecule is O=C(c1cn(-c2ccccc2)nn1)N1CC[C@H](F)C1. The second-order valence-electron chi connectivity index (χ2n) is 4.52. The van der Waals surface area contributed by atoms with Crippen LogP contribution in [-0.2, 0) is 0 Å². The molecule has 0 saturated carbocycles. The molecule has 2 heterocycles. The van der Waals surface area contributed by atoms with Crippen LogP contribution in [0.25, 0.3) is 5.69 Å². The summed E-state index contributed by atoms with van der Waals surface area (Å²) in [6.45, 7) is 0.592. The third-order valence-electron chi connectivity index (χ3n) is 3.15. The van der Waals surface area contributed by atoms with E-state index in [1.54, 1.807) is 6.20 Å². The molecule has 6 heteroatoms. The number of alkyl halides is 1. The fourth-order valence-electron chi connectivity index (χ4n) is 2.13. The second-order valence-corrected chi connectivity index (χ2v) is 4.52. The van der Waals surface area contributed by atoms with Crippen molar-refractivity contribution in [2.75, 3.05) is 13.1 Å². The maximum Gasteiger partial charge on any atom is 0.276 e. The molecule has 0 radical (unpaired) electrons. The number of hydrogen-bond acceptors (Lipinski definition) is 3. The highest BCUT2D eigenvalue weighted by atomic mass is 19.1. The smallest absolute Gasteiger partial charge is 0.276 e. The van der Waals surface area contributed by atoms with E-state index >= 15 is 0 Å². The van der Waals surface area contributed by atoms with Crippen LogP contribution in [0.4, 0.5) is 4.39 Å². The number of carbonyl (C=O) groups excluding carboxylic acids is 1. The molecule has 0 unspecified atom stereocenters. The quantitative estimate of drug-likeness (QED) is 0.821. The molecule has 1 saturated heterocycles. The summed E-state index contributed by atoms with van der Waals surface area (Å²) in [6, 6.07) is 9.41. The maximum absolute atomic E-state index is 13.1. The van der Waals surface area contributed by atoms with Crippen LogP contribution in [0.3, 0.4) is 0 Å². The zero-order valence-electron chi connectivity index (χ0n) is 10.2. The predicted octanol–water partition coefficient (Wildman–Crippen LogP) is 1.45. The van der Waals surface area contributed by atoms with Crippen molar-refractivity contribution < 1.29 is 9.18 Å². The number of nitrogens with zero attached hydrogens (tertiary/aromatic N) is 4. The van der Waals surface area contributed by atoms with E-state index in [1.807, 2.05) is 30.3 Å². The molecule has 0 spiro atoms. The minimum atomic E-state index is -0.923. The number of halogens is 1. The molecule has 0 N–H and O–H groups in total. The number of carbonyl (C=O) groups is 1. The fourth-order valence-corrected chi connectivity index (χ4v) is 2.13. The van der Waals surface area contributed by atoms with Crippen LogP contribution in [-0.4, -0.2) is 45.1 Å². The number of rotatable bonds is 2. The van der Waals surface area contributed by atoms with Crippen molar-refractivity contribution in [1.29, 1.82) is 0 Å². The zero-order chi connectivity index (χ0) is 13.2. The van der Waals surface area contributed by atoms with Crippen LogP contribution in [0, 0.1) is 0 Å². The summed E-state index contributed by atoms with van der Waals surface area (Å²) >= 11 is 0. The Balaban J connectivity index is 1.80. The molecule has 1 aromatic carbocycles. The normalized spacial score (nSPS) is 18.8. The van der Waals surface area contributed by atoms with Crippen molar-refractivity contribution in [1.82, 2.24) is 19.9 Å². The van der Waals surface area contributed by atoms with Crippen molar-refractivity contribution >= 4 is 5.91 Å². The van der Waals surface area contributed by atoms with E-state index in [0.29, 0.717) is 13.0 Å². The first-order chi connectivity index (χ1) is 9.24. The van der Waals surface area contributed by atoms with Gasteiger partial charge in [0.25, 0.3) is 5.91 Å². The Labute approximate surface area is 109 Å². The first-order valence-electron chi connectivity index (χ1n) is 6.15. The minimum absolute atomic E-state index is 0.150. The number of aromatic nitrogens is 3. The van der Waals surface area contributed by atoms with E-state index in [9.17, 15) is 9.18 Å². The summed E-state index contributed by atoms with van der Waals surface area (Å²) in [5.74, 6) is -0.262. The van der Waals surface area contributed by atoms with Crippen molar-refractivity contribution in [2.24, 2.45) is 0 Å². The molecule has 1 aliphatic rings. The summed E-state index contributed by atoms with van der Waals surface area (Å²) in [5, 5.41) is 7.78. The van der Waals surface area contributed by atoms with Gasteiger partial charge in [-0.3, -0.25) is 4.79 Å². The van der Waals surface area contributed by atoms with Gasteiger partial charge in [0.1, 0.15) is 6.17 Å². The van der Waals surface area contributed by atoms with Crippen LogP contribution in [0.5, 0.6) is 0 Å². The fraction of sp³-hybridized carbons (Fsp3) is 0.308. The molecule has 0 bridgehead atoms. The Morgan fingerprint density at radius 2 is 2.11 bits per heavy atom. The molecule has 1 aromatic heterocycles. The van der Waals surface area contributed by atoms with Gasteiger partial charge in [0.2, 0.25) is 0 Å². The van der Waals surface area contributed by atoms with Gasteiger partial charge in [-0.25, -0.2) is 9.07 Å². The van der Waals surface area contributed by atoms with E-state index in [2.05, 4.69) is 10.3 Å². The van der Waals surface area contributed by atoms with Crippen molar-refractivity contribution in [3.63, 3.8) is 0 Å². The van der Waals surface area contributed by atoms with E-state index in [0.717, 1.165) is 5.69 Å². The summed E-state index contributed by atoms with van der Waals surface area (Å²) < 4.78 is 14.6. The van der Waals surface area contributed by atoms with Crippen molar-refractivity contribution in [2.45, 2.75) is 12.6 Å². The molecular weight excluding hydrogens is 247 g/mol. The van der Waals surface area contributed by atoms with Crippen LogP contribution in [0.2, 0.25) is 0 Å². The number of benzene rings is 1. The summed E-state index contributed by atoms with van der Waals surface area (Å²) in [7, 11) is 0. The molecule has 98 valence electrons. The minimum Gasteiger partial charge on any atom is -0.334 e. The predicted molar refractivity (Wildman–Crippen MR) is 66.8 cm³/mol. The first kappa shape index (κ1) is 11.8. The third-order valence-corrected chi connectivity index (χ3v) is 3.15. The number of para-hydroxylation sites is 1. The Morgan fingerprint density at radius 3 is 2.79 bits per heavy atom. The highest BCUT2D eigenvalue weighted by molar-refractivity contribution is 5.92. The van der Waals surface area contributed by atoms with Gasteiger partial charge in [0.05, 0.1) is 18.4 Å². The largest absolute Gasteiger partial charge is 0.334 e. The van der Waals surface area contributed by atoms with Crippen LogP contribution in [0.15, 0.2) is 36.5 Å². The summed E-state index contributed by atoms with van der Waals surface area (Å²) in [5.41, 5.74) is 1.08. The lowest BCUT2D eigenvalue weighted by molar-refractivity contribution is 0.0777. The van der Waals surface area contributed by atoms with Crippen LogP contribution in [0.1, 0.15) is 16.9 Å². The Kier molecular flexibility index (Phi) is 2.98. The molecule has 1 atom stereocenters. The van der Waals surface area contributed by atoms with Gasteiger partial charge >= 0.3 is 0 Å². The summed E-state index contributed by atoms with van der Waals surface area (Å²) in [4.78, 5) is 13.6. The lowest BCUT2D eigenvalue weighted by atomic mass is 10.3. The average molecular weight is 260 g/mol. The molecule has 3 rings (SSSR count). The number of likely N-dealkylation sites (tertiary alicyclic amines) is 1. The van der Waals surface area contributed by atoms with Gasteiger partial charge < -0.3 is 4.90 Å². The summed E-state index contributed by atoms with van der Waals surface area (Å²) in [6.07, 6.45) is 1.05. The Morgan fingerprint density at radius 1 is 1.32 bits per heavy atom. The number of hydrogen-bond donors (Lipinski definition) is 0. The van der Waals surface area contributed by atoms with Crippen molar-refractivity contribution in [3.8, 4) is 5.69 Å². The molecule has 1 amide bonds. The lowest BCUT2D eigenvalue weighted by Gasteiger charge is -2.12. The van der Waals surface area contributed by atoms with Gasteiger partial charge in [-0.05, 0) is 18.6 Å². The second kappa shape index (κ2) is 4.79. The first-order valence-corrected chi connectivity index (χ1v) is 6.15. The van der Waals surface area contributed by atoms with Gasteiger partial charge in [-0.1, -0.05) is 23.4 Å². The Hall–Kier alpha value is -2.24. The van der Waals surface area contributed by atoms with E-state index in [1.165, 1.54) is 9.58 Å². The highest BCUT2D eigenvalue weighted by Crippen LogP contribution is 2.15. The highest BCUT2D eigenvalue weighted by Gasteiger charge is 2.28. The molecule has 5 nitrogen and oxygen atoms in total. The van der Waals surface area contributed by atoms with Crippen molar-refractivity contribution in [3.05, 3.63) is 42.2 Å². The maximum atomic E-state index is 13.1. The monoisotopic (exact) mass is 260 g/mol. The van der Waals surface area contributed by atoms with Gasteiger partial charge in [0.15, 0.2) is 5.69 Å².